The molecule has 0 aliphatic rings. The summed E-state index contributed by atoms with van der Waals surface area (Å²) in [5, 5.41) is 0. The summed E-state index contributed by atoms with van der Waals surface area (Å²) >= 11 is -5.70. The van der Waals surface area contributed by atoms with Gasteiger partial charge in [-0.15, -0.1) is 0 Å². The molecule has 5 aromatic rings. The van der Waals surface area contributed by atoms with Crippen LogP contribution in [0, 0.1) is 45.1 Å². The monoisotopic (exact) mass is 660 g/mol. The molecule has 0 heterocycles. The molecule has 2 nitrogen and oxygen atoms in total. The maximum absolute atomic E-state index is 14.4. The van der Waals surface area contributed by atoms with Gasteiger partial charge in [0.1, 0.15) is 0 Å². The third kappa shape index (κ3) is 4.76. The van der Waals surface area contributed by atoms with E-state index in [1.165, 1.54) is 0 Å². The summed E-state index contributed by atoms with van der Waals surface area (Å²) in [6, 6.07) is 33.0. The number of rotatable bonds is 6. The van der Waals surface area contributed by atoms with Crippen LogP contribution in [-0.2, 0) is 3.02 Å². The summed E-state index contributed by atoms with van der Waals surface area (Å²) in [6.07, 6.45) is 0. The number of hydrogen-bond acceptors (Lipinski definition) is 2. The van der Waals surface area contributed by atoms with Crippen molar-refractivity contribution in [3.05, 3.63) is 154 Å². The van der Waals surface area contributed by atoms with Gasteiger partial charge in [-0.25, -0.2) is 0 Å². The first-order valence-corrected chi connectivity index (χ1v) is 19.4. The minimum absolute atomic E-state index is 0.405. The summed E-state index contributed by atoms with van der Waals surface area (Å²) in [6.45, 7) is 7.91. The van der Waals surface area contributed by atoms with Gasteiger partial charge >= 0.3 is 241 Å². The first-order chi connectivity index (χ1) is 19.5. The molecule has 5 rings (SSSR count). The third-order valence-electron chi connectivity index (χ3n) is 7.59. The van der Waals surface area contributed by atoms with Crippen molar-refractivity contribution in [2.24, 2.45) is 0 Å². The van der Waals surface area contributed by atoms with Crippen LogP contribution in [0.4, 0.5) is 13.2 Å². The molecule has 0 spiro atoms. The summed E-state index contributed by atoms with van der Waals surface area (Å²) in [4.78, 5) is 14.2. The van der Waals surface area contributed by atoms with Crippen molar-refractivity contribution in [3.8, 4) is 0 Å². The average molecular weight is 661 g/mol. The summed E-state index contributed by atoms with van der Waals surface area (Å²) in [5.41, 5.74) is 3.68. The normalized spacial score (nSPS) is 12.4. The molecule has 0 fully saturated rings. The van der Waals surface area contributed by atoms with E-state index in [0.717, 1.165) is 36.3 Å². The van der Waals surface area contributed by atoms with Crippen molar-refractivity contribution >= 4 is 37.8 Å². The Balaban J connectivity index is 1.99. The molecule has 0 radical (unpaired) electrons. The number of benzene rings is 5. The Bertz CT molecular complexity index is 1510. The van der Waals surface area contributed by atoms with Crippen LogP contribution in [0.25, 0.3) is 0 Å². The zero-order chi connectivity index (χ0) is 29.4. The van der Waals surface area contributed by atoms with Crippen LogP contribution in [0.5, 0.6) is 0 Å². The quantitative estimate of drug-likeness (QED) is 0.165. The average Bonchev–Trinajstić information content (AvgIpc) is 2.96. The van der Waals surface area contributed by atoms with Gasteiger partial charge in [0.2, 0.25) is 0 Å². The Labute approximate surface area is 240 Å². The second kappa shape index (κ2) is 10.9. The molecule has 0 N–H and O–H groups in total. The van der Waals surface area contributed by atoms with Gasteiger partial charge in [-0.05, 0) is 0 Å². The molecule has 0 saturated heterocycles. The SMILES string of the molecule is Cc1cc[c]([Sb]([O]C(=O)c2cc(F)c(F)c(F)c2)([c]2ccc(C)cc2)([c]2ccc(C)cc2)[c]2ccc(C)cc2)cc1. The van der Waals surface area contributed by atoms with E-state index in [1.54, 1.807) is 0 Å². The molecule has 0 aliphatic carbocycles. The predicted octanol–water partition coefficient (Wildman–Crippen LogP) is 6.02. The molecule has 0 aliphatic heterocycles. The first kappa shape index (κ1) is 28.7. The number of carbonyl (C=O) groups excluding carboxylic acids is 1. The minimum atomic E-state index is -5.70. The van der Waals surface area contributed by atoms with E-state index in [9.17, 15) is 18.0 Å². The van der Waals surface area contributed by atoms with Crippen molar-refractivity contribution in [3.63, 3.8) is 0 Å². The molecule has 5 aromatic carbocycles. The maximum atomic E-state index is 14.4. The molecule has 0 amide bonds. The fraction of sp³-hybridized carbons (Fsp3) is 0.114. The Morgan fingerprint density at radius 1 is 0.512 bits per heavy atom. The van der Waals surface area contributed by atoms with Crippen LogP contribution in [-0.4, -0.2) is 23.8 Å². The zero-order valence-electron chi connectivity index (χ0n) is 23.3. The van der Waals surface area contributed by atoms with E-state index in [0.29, 0.717) is 12.1 Å². The van der Waals surface area contributed by atoms with Crippen molar-refractivity contribution < 1.29 is 21.0 Å². The topological polar surface area (TPSA) is 26.3 Å². The number of halogens is 3. The molecule has 208 valence electrons. The van der Waals surface area contributed by atoms with Crippen molar-refractivity contribution in [1.82, 2.24) is 0 Å². The van der Waals surface area contributed by atoms with Crippen LogP contribution in [0.15, 0.2) is 109 Å². The molecule has 0 saturated carbocycles. The Morgan fingerprint density at radius 2 is 0.780 bits per heavy atom. The zero-order valence-corrected chi connectivity index (χ0v) is 25.8. The van der Waals surface area contributed by atoms with Crippen LogP contribution < -0.4 is 14.0 Å². The van der Waals surface area contributed by atoms with Gasteiger partial charge in [-0.2, -0.15) is 0 Å². The van der Waals surface area contributed by atoms with Gasteiger partial charge < -0.3 is 0 Å². The Hall–Kier alpha value is -3.82. The second-order valence-electron chi connectivity index (χ2n) is 10.5. The second-order valence-corrected chi connectivity index (χ2v) is 22.8. The molecule has 6 heteroatoms. The molecule has 0 aromatic heterocycles. The van der Waals surface area contributed by atoms with Crippen molar-refractivity contribution in [2.45, 2.75) is 27.7 Å². The number of hydrogen-bond donors (Lipinski definition) is 0. The number of carbonyl (C=O) groups is 1. The van der Waals surface area contributed by atoms with Crippen LogP contribution in [0.3, 0.4) is 0 Å². The summed E-state index contributed by atoms with van der Waals surface area (Å²) in [5.74, 6) is -5.49. The molecule has 0 atom stereocenters. The fourth-order valence-corrected chi connectivity index (χ4v) is 21.1. The first-order valence-electron chi connectivity index (χ1n) is 13.2. The Kier molecular flexibility index (Phi) is 7.61. The van der Waals surface area contributed by atoms with Crippen LogP contribution in [0.2, 0.25) is 0 Å². The summed E-state index contributed by atoms with van der Waals surface area (Å²) in [7, 11) is 0. The van der Waals surface area contributed by atoms with Gasteiger partial charge in [-0.3, -0.25) is 0 Å². The standard InChI is InChI=1S/C7H3F3O2.4C7H7.Sb/c8-4-1-3(7(11)12)2-5(9)6(4)10;4*1-7-5-3-2-4-6-7;/h1-2H,(H,11,12);4*3-6H,1H3;/q;;;;;+1/p-1. The molecular formula is C35H30F3O2Sb. The fourth-order valence-electron chi connectivity index (χ4n) is 5.31. The van der Waals surface area contributed by atoms with E-state index in [-0.39, 0.29) is 0 Å². The molecule has 41 heavy (non-hydrogen) atoms. The van der Waals surface area contributed by atoms with E-state index in [4.69, 9.17) is 3.02 Å². The van der Waals surface area contributed by atoms with E-state index in [2.05, 4.69) is 0 Å². The molecular weight excluding hydrogens is 631 g/mol. The van der Waals surface area contributed by atoms with Crippen molar-refractivity contribution in [1.29, 1.82) is 0 Å². The van der Waals surface area contributed by atoms with E-state index < -0.39 is 46.8 Å². The molecule has 0 unspecified atom stereocenters. The third-order valence-corrected chi connectivity index (χ3v) is 23.8. The van der Waals surface area contributed by atoms with Gasteiger partial charge in [-0.1, -0.05) is 0 Å². The molecule has 0 bridgehead atoms. The number of aryl methyl sites for hydroxylation is 4. The van der Waals surface area contributed by atoms with E-state index >= 15 is 0 Å². The predicted molar refractivity (Wildman–Crippen MR) is 161 cm³/mol. The van der Waals surface area contributed by atoms with Crippen LogP contribution >= 0.6 is 0 Å². The van der Waals surface area contributed by atoms with Crippen LogP contribution in [0.1, 0.15) is 32.6 Å². The van der Waals surface area contributed by atoms with Crippen molar-refractivity contribution in [2.75, 3.05) is 0 Å². The van der Waals surface area contributed by atoms with Gasteiger partial charge in [0.25, 0.3) is 0 Å². The van der Waals surface area contributed by atoms with Gasteiger partial charge in [0.05, 0.1) is 0 Å². The van der Waals surface area contributed by atoms with Gasteiger partial charge in [0.15, 0.2) is 0 Å². The van der Waals surface area contributed by atoms with E-state index in [1.807, 2.05) is 125 Å². The Morgan fingerprint density at radius 3 is 1.05 bits per heavy atom. The van der Waals surface area contributed by atoms with Gasteiger partial charge in [0, 0.05) is 0 Å². The summed E-state index contributed by atoms with van der Waals surface area (Å²) < 4.78 is 52.9.